The third-order valence-electron chi connectivity index (χ3n) is 3.34. The molecular weight excluding hydrogens is 368 g/mol. The fourth-order valence-corrected chi connectivity index (χ4v) is 4.13. The van der Waals surface area contributed by atoms with Crippen molar-refractivity contribution in [3.05, 3.63) is 47.8 Å². The molecule has 24 heavy (non-hydrogen) atoms. The Labute approximate surface area is 151 Å². The third-order valence-corrected chi connectivity index (χ3v) is 6.10. The first-order chi connectivity index (χ1) is 11.4. The van der Waals surface area contributed by atoms with Crippen molar-refractivity contribution in [3.8, 4) is 0 Å². The van der Waals surface area contributed by atoms with Gasteiger partial charge in [-0.25, -0.2) is 13.1 Å². The van der Waals surface area contributed by atoms with Gasteiger partial charge in [-0.1, -0.05) is 36.4 Å². The molecule has 2 rings (SSSR count). The minimum Gasteiger partial charge on any atom is -0.308 e. The lowest BCUT2D eigenvalue weighted by atomic mass is 10.2. The number of hydrogen-bond donors (Lipinski definition) is 1. The summed E-state index contributed by atoms with van der Waals surface area (Å²) in [5.41, 5.74) is 0. The Kier molecular flexibility index (Phi) is 6.45. The first-order valence-corrected chi connectivity index (χ1v) is 10.1. The number of nitrogens with one attached hydrogen (secondary N) is 1. The monoisotopic (exact) mass is 386 g/mol. The summed E-state index contributed by atoms with van der Waals surface area (Å²) in [4.78, 5) is 0.161. The Bertz CT molecular complexity index is 803. The average Bonchev–Trinajstić information content (AvgIpc) is 2.92. The Morgan fingerprint density at radius 3 is 2.62 bits per heavy atom. The van der Waals surface area contributed by atoms with E-state index in [-0.39, 0.29) is 4.90 Å². The Morgan fingerprint density at radius 2 is 2.04 bits per heavy atom. The first-order valence-electron chi connectivity index (χ1n) is 7.30. The second kappa shape index (κ2) is 8.15. The van der Waals surface area contributed by atoms with E-state index in [0.717, 1.165) is 0 Å². The van der Waals surface area contributed by atoms with Crippen LogP contribution in [0.4, 0.5) is 0 Å². The van der Waals surface area contributed by atoms with Crippen molar-refractivity contribution in [3.63, 3.8) is 0 Å². The number of nitrogens with zero attached hydrogens (tertiary/aromatic N) is 3. The average molecular weight is 387 g/mol. The molecule has 0 amide bonds. The highest BCUT2D eigenvalue weighted by atomic mass is 35.5. The molecule has 6 nitrogen and oxygen atoms in total. The van der Waals surface area contributed by atoms with Crippen molar-refractivity contribution < 1.29 is 8.42 Å². The molecule has 0 unspecified atom stereocenters. The molecule has 0 fully saturated rings. The van der Waals surface area contributed by atoms with E-state index in [9.17, 15) is 8.42 Å². The van der Waals surface area contributed by atoms with Gasteiger partial charge < -0.3 is 4.57 Å². The van der Waals surface area contributed by atoms with Crippen molar-refractivity contribution in [1.82, 2.24) is 19.5 Å². The molecule has 2 aromatic rings. The molecule has 0 aliphatic heterocycles. The van der Waals surface area contributed by atoms with Gasteiger partial charge in [-0.3, -0.25) is 0 Å². The maximum absolute atomic E-state index is 12.5. The van der Waals surface area contributed by atoms with Gasteiger partial charge in [-0.05, 0) is 30.7 Å². The molecule has 1 atom stereocenters. The summed E-state index contributed by atoms with van der Waals surface area (Å²) in [6.45, 7) is 5.56. The number of sulfonamides is 1. The zero-order valence-electron chi connectivity index (χ0n) is 13.4. The lowest BCUT2D eigenvalue weighted by Crippen LogP contribution is -2.30. The van der Waals surface area contributed by atoms with Crippen LogP contribution in [0.3, 0.4) is 0 Å². The number of aromatic nitrogens is 3. The minimum atomic E-state index is -3.67. The molecule has 1 N–H and O–H groups in total. The van der Waals surface area contributed by atoms with Crippen LogP contribution in [0.1, 0.15) is 25.2 Å². The Hall–Kier alpha value is -1.35. The van der Waals surface area contributed by atoms with E-state index in [1.165, 1.54) is 23.9 Å². The van der Waals surface area contributed by atoms with E-state index in [0.29, 0.717) is 28.2 Å². The number of benzene rings is 1. The fourth-order valence-electron chi connectivity index (χ4n) is 2.08. The largest absolute Gasteiger partial charge is 0.308 e. The van der Waals surface area contributed by atoms with Crippen LogP contribution >= 0.6 is 23.4 Å². The van der Waals surface area contributed by atoms with E-state index in [1.54, 1.807) is 22.8 Å². The lowest BCUT2D eigenvalue weighted by molar-refractivity contribution is 0.523. The van der Waals surface area contributed by atoms with Crippen LogP contribution in [-0.4, -0.2) is 28.9 Å². The van der Waals surface area contributed by atoms with Gasteiger partial charge >= 0.3 is 0 Å². The number of halogens is 1. The molecule has 0 spiro atoms. The zero-order chi connectivity index (χ0) is 17.7. The second-order valence-electron chi connectivity index (χ2n) is 5.04. The van der Waals surface area contributed by atoms with Crippen molar-refractivity contribution in [1.29, 1.82) is 0 Å². The van der Waals surface area contributed by atoms with Crippen LogP contribution < -0.4 is 4.72 Å². The van der Waals surface area contributed by atoms with Crippen LogP contribution in [0.25, 0.3) is 0 Å². The maximum Gasteiger partial charge on any atom is 0.241 e. The molecule has 1 heterocycles. The highest BCUT2D eigenvalue weighted by Gasteiger charge is 2.24. The zero-order valence-corrected chi connectivity index (χ0v) is 15.8. The van der Waals surface area contributed by atoms with Gasteiger partial charge in [0.05, 0.1) is 10.9 Å². The predicted molar refractivity (Wildman–Crippen MR) is 96.7 cm³/mol. The molecule has 0 bridgehead atoms. The van der Waals surface area contributed by atoms with Gasteiger partial charge in [0.25, 0.3) is 0 Å². The molecule has 0 saturated heterocycles. The van der Waals surface area contributed by atoms with Crippen molar-refractivity contribution in [2.75, 3.05) is 5.75 Å². The van der Waals surface area contributed by atoms with Gasteiger partial charge in [0.2, 0.25) is 10.0 Å². The smallest absolute Gasteiger partial charge is 0.241 e. The first kappa shape index (κ1) is 19.0. The summed E-state index contributed by atoms with van der Waals surface area (Å²) < 4.78 is 29.6. The van der Waals surface area contributed by atoms with Gasteiger partial charge in [0.15, 0.2) is 11.0 Å². The van der Waals surface area contributed by atoms with E-state index in [1.807, 2.05) is 14.0 Å². The van der Waals surface area contributed by atoms with Crippen LogP contribution in [0.15, 0.2) is 47.0 Å². The molecule has 0 aliphatic carbocycles. The van der Waals surface area contributed by atoms with Crippen molar-refractivity contribution in [2.24, 2.45) is 7.05 Å². The van der Waals surface area contributed by atoms with Crippen LogP contribution in [0.2, 0.25) is 5.02 Å². The van der Waals surface area contributed by atoms with Crippen molar-refractivity contribution >= 4 is 33.4 Å². The third kappa shape index (κ3) is 4.38. The SMILES string of the molecule is C=CCSc1nnc([C@@H](CC)NS(=O)(=O)c2ccc(Cl)cc2)n1C. The molecule has 1 aromatic heterocycles. The van der Waals surface area contributed by atoms with E-state index in [2.05, 4.69) is 21.5 Å². The van der Waals surface area contributed by atoms with Gasteiger partial charge in [-0.15, -0.1) is 16.8 Å². The molecule has 9 heteroatoms. The summed E-state index contributed by atoms with van der Waals surface area (Å²) in [6.07, 6.45) is 2.32. The van der Waals surface area contributed by atoms with E-state index >= 15 is 0 Å². The molecule has 0 radical (unpaired) electrons. The van der Waals surface area contributed by atoms with E-state index in [4.69, 9.17) is 11.6 Å². The van der Waals surface area contributed by atoms with Gasteiger partial charge in [0, 0.05) is 17.8 Å². The maximum atomic E-state index is 12.5. The van der Waals surface area contributed by atoms with Gasteiger partial charge in [0.1, 0.15) is 0 Å². The normalized spacial score (nSPS) is 13.0. The second-order valence-corrected chi connectivity index (χ2v) is 8.17. The van der Waals surface area contributed by atoms with Crippen molar-refractivity contribution in [2.45, 2.75) is 29.4 Å². The molecule has 0 aliphatic rings. The van der Waals surface area contributed by atoms with Crippen LogP contribution in [-0.2, 0) is 17.1 Å². The van der Waals surface area contributed by atoms with E-state index < -0.39 is 16.1 Å². The summed E-state index contributed by atoms with van der Waals surface area (Å²) in [5, 5.41) is 9.45. The van der Waals surface area contributed by atoms with Crippen LogP contribution in [0, 0.1) is 0 Å². The predicted octanol–water partition coefficient (Wildman–Crippen LogP) is 3.18. The molecule has 0 saturated carbocycles. The Morgan fingerprint density at radius 1 is 1.38 bits per heavy atom. The quantitative estimate of drug-likeness (QED) is 0.557. The number of thioether (sulfide) groups is 1. The summed E-state index contributed by atoms with van der Waals surface area (Å²) in [5.74, 6) is 1.28. The number of hydrogen-bond acceptors (Lipinski definition) is 5. The summed E-state index contributed by atoms with van der Waals surface area (Å²) in [7, 11) is -1.85. The topological polar surface area (TPSA) is 76.9 Å². The van der Waals surface area contributed by atoms with Gasteiger partial charge in [-0.2, -0.15) is 0 Å². The minimum absolute atomic E-state index is 0.161. The Balaban J connectivity index is 2.24. The highest BCUT2D eigenvalue weighted by Crippen LogP contribution is 2.23. The highest BCUT2D eigenvalue weighted by molar-refractivity contribution is 7.99. The molecule has 130 valence electrons. The lowest BCUT2D eigenvalue weighted by Gasteiger charge is -2.16. The summed E-state index contributed by atoms with van der Waals surface area (Å²) >= 11 is 7.30. The number of rotatable bonds is 8. The summed E-state index contributed by atoms with van der Waals surface area (Å²) in [6, 6.07) is 5.56. The molecule has 1 aromatic carbocycles. The molecular formula is C15H19ClN4O2S2. The van der Waals surface area contributed by atoms with Crippen LogP contribution in [0.5, 0.6) is 0 Å². The standard InChI is InChI=1S/C15H19ClN4O2S2/c1-4-10-23-15-18-17-14(20(15)3)13(5-2)19-24(21,22)12-8-6-11(16)7-9-12/h4,6-9,13,19H,1,5,10H2,2-3H3/t13-/m1/s1. The fraction of sp³-hybridized carbons (Fsp3) is 0.333.